The van der Waals surface area contributed by atoms with Crippen LogP contribution in [-0.4, -0.2) is 20.7 Å². The summed E-state index contributed by atoms with van der Waals surface area (Å²) in [6.07, 6.45) is 0.487. The fourth-order valence-electron chi connectivity index (χ4n) is 1.45. The highest BCUT2D eigenvalue weighted by atomic mass is 35.5. The van der Waals surface area contributed by atoms with Crippen LogP contribution in [0.15, 0.2) is 12.1 Å². The molecule has 0 aromatic heterocycles. The van der Waals surface area contributed by atoms with Crippen LogP contribution in [0.3, 0.4) is 0 Å². The van der Waals surface area contributed by atoms with Gasteiger partial charge in [0, 0.05) is 24.7 Å². The van der Waals surface area contributed by atoms with Crippen LogP contribution in [0.1, 0.15) is 12.0 Å². The van der Waals surface area contributed by atoms with E-state index in [4.69, 9.17) is 21.6 Å². The molecule has 3 nitrogen and oxygen atoms in total. The van der Waals surface area contributed by atoms with Gasteiger partial charge >= 0.3 is 0 Å². The van der Waals surface area contributed by atoms with Gasteiger partial charge in [-0.25, -0.2) is 0 Å². The number of benzene rings is 1. The fraction of sp³-hybridized carbons (Fsp3) is 0.417. The molecular weight excluding hydrogens is 224 g/mol. The van der Waals surface area contributed by atoms with Crippen LogP contribution in [-0.2, 0) is 0 Å². The van der Waals surface area contributed by atoms with E-state index in [-0.39, 0.29) is 0 Å². The minimum atomic E-state index is 0.487. The zero-order valence-corrected chi connectivity index (χ0v) is 10.5. The second-order valence-corrected chi connectivity index (χ2v) is 4.01. The van der Waals surface area contributed by atoms with E-state index in [1.165, 1.54) is 0 Å². The summed E-state index contributed by atoms with van der Waals surface area (Å²) in [6, 6.07) is 5.89. The van der Waals surface area contributed by atoms with Crippen LogP contribution >= 0.6 is 11.6 Å². The first-order valence-corrected chi connectivity index (χ1v) is 5.40. The van der Waals surface area contributed by atoms with Gasteiger partial charge in [0.15, 0.2) is 0 Å². The van der Waals surface area contributed by atoms with Gasteiger partial charge in [0.2, 0.25) is 0 Å². The summed E-state index contributed by atoms with van der Waals surface area (Å²) in [4.78, 5) is 1.99. The van der Waals surface area contributed by atoms with Crippen molar-refractivity contribution in [1.29, 1.82) is 5.26 Å². The molecule has 1 rings (SSSR count). The van der Waals surface area contributed by atoms with Crippen LogP contribution in [0.2, 0.25) is 5.02 Å². The lowest BCUT2D eigenvalue weighted by Crippen LogP contribution is -2.19. The van der Waals surface area contributed by atoms with E-state index in [0.717, 1.165) is 17.0 Å². The number of nitriles is 1. The fourth-order valence-corrected chi connectivity index (χ4v) is 1.60. The highest BCUT2D eigenvalue weighted by molar-refractivity contribution is 6.31. The maximum atomic E-state index is 8.56. The van der Waals surface area contributed by atoms with Gasteiger partial charge in [-0.2, -0.15) is 5.26 Å². The number of methoxy groups -OCH3 is 1. The van der Waals surface area contributed by atoms with Crippen molar-refractivity contribution in [3.05, 3.63) is 22.7 Å². The normalized spacial score (nSPS) is 9.69. The molecule has 4 heteroatoms. The van der Waals surface area contributed by atoms with Gasteiger partial charge in [-0.3, -0.25) is 0 Å². The molecule has 0 saturated heterocycles. The number of ether oxygens (including phenoxy) is 1. The summed E-state index contributed by atoms with van der Waals surface area (Å²) in [5.41, 5.74) is 1.96. The Hall–Kier alpha value is -1.40. The van der Waals surface area contributed by atoms with Crippen LogP contribution in [0.25, 0.3) is 0 Å². The lowest BCUT2D eigenvalue weighted by Gasteiger charge is -2.21. The third kappa shape index (κ3) is 2.80. The molecule has 0 radical (unpaired) electrons. The van der Waals surface area contributed by atoms with E-state index < -0.39 is 0 Å². The first-order valence-electron chi connectivity index (χ1n) is 5.02. The molecule has 16 heavy (non-hydrogen) atoms. The number of nitrogens with zero attached hydrogens (tertiary/aromatic N) is 2. The summed E-state index contributed by atoms with van der Waals surface area (Å²) in [7, 11) is 3.55. The van der Waals surface area contributed by atoms with Crippen molar-refractivity contribution >= 4 is 17.3 Å². The van der Waals surface area contributed by atoms with Crippen molar-refractivity contribution in [2.75, 3.05) is 25.6 Å². The van der Waals surface area contributed by atoms with Crippen molar-refractivity contribution in [3.8, 4) is 11.8 Å². The zero-order valence-electron chi connectivity index (χ0n) is 9.75. The smallest absolute Gasteiger partial charge is 0.143 e. The maximum absolute atomic E-state index is 8.56. The molecule has 0 fully saturated rings. The Labute approximate surface area is 101 Å². The molecule has 0 saturated carbocycles. The Kier molecular flexibility index (Phi) is 4.45. The summed E-state index contributed by atoms with van der Waals surface area (Å²) in [5.74, 6) is 0.732. The molecule has 0 spiro atoms. The molecule has 0 unspecified atom stereocenters. The van der Waals surface area contributed by atoms with Gasteiger partial charge in [0.25, 0.3) is 0 Å². The van der Waals surface area contributed by atoms with Crippen LogP contribution in [0.5, 0.6) is 5.75 Å². The molecule has 0 aliphatic rings. The molecule has 1 aromatic carbocycles. The van der Waals surface area contributed by atoms with Crippen molar-refractivity contribution in [2.45, 2.75) is 13.3 Å². The molecule has 0 aliphatic carbocycles. The van der Waals surface area contributed by atoms with Gasteiger partial charge in [0.1, 0.15) is 5.75 Å². The van der Waals surface area contributed by atoms with Crippen molar-refractivity contribution in [1.82, 2.24) is 0 Å². The highest BCUT2D eigenvalue weighted by Crippen LogP contribution is 2.33. The third-order valence-corrected chi connectivity index (χ3v) is 2.84. The Balaban J connectivity index is 3.02. The number of hydrogen-bond acceptors (Lipinski definition) is 3. The lowest BCUT2D eigenvalue weighted by molar-refractivity contribution is 0.415. The minimum absolute atomic E-state index is 0.487. The predicted octanol–water partition coefficient (Wildman–Crippen LogP) is 3.01. The van der Waals surface area contributed by atoms with E-state index >= 15 is 0 Å². The molecule has 0 aliphatic heterocycles. The highest BCUT2D eigenvalue weighted by Gasteiger charge is 2.10. The second-order valence-electron chi connectivity index (χ2n) is 3.60. The quantitative estimate of drug-likeness (QED) is 0.809. The van der Waals surface area contributed by atoms with Gasteiger partial charge in [-0.05, 0) is 18.6 Å². The van der Waals surface area contributed by atoms with E-state index in [9.17, 15) is 0 Å². The summed E-state index contributed by atoms with van der Waals surface area (Å²) in [5, 5.41) is 9.25. The Morgan fingerprint density at radius 3 is 2.75 bits per heavy atom. The molecule has 0 bridgehead atoms. The monoisotopic (exact) mass is 238 g/mol. The number of hydrogen-bond donors (Lipinski definition) is 0. The standard InChI is InChI=1S/C12H15ClN2O/c1-9-7-11(15(2)6-4-5-14)12(16-3)8-10(9)13/h7-8H,4,6H2,1-3H3. The number of aryl methyl sites for hydroxylation is 1. The van der Waals surface area contributed by atoms with Crippen LogP contribution < -0.4 is 9.64 Å². The van der Waals surface area contributed by atoms with E-state index in [1.807, 2.05) is 24.9 Å². The van der Waals surface area contributed by atoms with Gasteiger partial charge in [-0.1, -0.05) is 11.6 Å². The van der Waals surface area contributed by atoms with Crippen molar-refractivity contribution < 1.29 is 4.74 Å². The predicted molar refractivity (Wildman–Crippen MR) is 66.2 cm³/mol. The third-order valence-electron chi connectivity index (χ3n) is 2.43. The summed E-state index contributed by atoms with van der Waals surface area (Å²) < 4.78 is 5.27. The average Bonchev–Trinajstić information content (AvgIpc) is 2.28. The van der Waals surface area contributed by atoms with E-state index in [2.05, 4.69) is 6.07 Å². The molecule has 0 amide bonds. The largest absolute Gasteiger partial charge is 0.495 e. The molecule has 0 atom stereocenters. The molecule has 0 heterocycles. The number of anilines is 1. The van der Waals surface area contributed by atoms with Gasteiger partial charge in [-0.15, -0.1) is 0 Å². The Bertz CT molecular complexity index is 412. The number of halogens is 1. The first-order chi connectivity index (χ1) is 7.60. The van der Waals surface area contributed by atoms with Crippen molar-refractivity contribution in [2.24, 2.45) is 0 Å². The van der Waals surface area contributed by atoms with Gasteiger partial charge in [0.05, 0.1) is 25.3 Å². The minimum Gasteiger partial charge on any atom is -0.495 e. The Morgan fingerprint density at radius 2 is 2.19 bits per heavy atom. The van der Waals surface area contributed by atoms with Crippen LogP contribution in [0, 0.1) is 18.3 Å². The topological polar surface area (TPSA) is 36.3 Å². The molecule has 1 aromatic rings. The zero-order chi connectivity index (χ0) is 12.1. The Morgan fingerprint density at radius 1 is 1.50 bits per heavy atom. The van der Waals surface area contributed by atoms with Gasteiger partial charge < -0.3 is 9.64 Å². The molecular formula is C12H15ClN2O. The van der Waals surface area contributed by atoms with Crippen molar-refractivity contribution in [3.63, 3.8) is 0 Å². The SMILES string of the molecule is COc1cc(Cl)c(C)cc1N(C)CCC#N. The second kappa shape index (κ2) is 5.62. The molecule has 0 N–H and O–H groups in total. The van der Waals surface area contributed by atoms with E-state index in [1.54, 1.807) is 13.2 Å². The van der Waals surface area contributed by atoms with Crippen LogP contribution in [0.4, 0.5) is 5.69 Å². The molecule has 86 valence electrons. The van der Waals surface area contributed by atoms with E-state index in [0.29, 0.717) is 18.0 Å². The first kappa shape index (κ1) is 12.7. The summed E-state index contributed by atoms with van der Waals surface area (Å²) >= 11 is 6.02. The lowest BCUT2D eigenvalue weighted by atomic mass is 10.2. The average molecular weight is 239 g/mol. The summed E-state index contributed by atoms with van der Waals surface area (Å²) in [6.45, 7) is 2.62. The maximum Gasteiger partial charge on any atom is 0.143 e. The number of rotatable bonds is 4.